The fraction of sp³-hybridized carbons (Fsp3) is 0.287. The van der Waals surface area contributed by atoms with Gasteiger partial charge in [0.25, 0.3) is 5.54 Å². The minimum Gasteiger partial charge on any atom is -0.382 e. The molecule has 31 heteroatoms. The largest absolute Gasteiger partial charge is 0.382 e. The first kappa shape index (κ1) is 81.4. The predicted octanol–water partition coefficient (Wildman–Crippen LogP) is 15.1. The molecule has 111 heavy (non-hydrogen) atoms. The zero-order valence-corrected chi connectivity index (χ0v) is 70.0. The molecule has 2 fully saturated rings. The number of benzene rings is 5. The minimum absolute atomic E-state index is 0.215. The summed E-state index contributed by atoms with van der Waals surface area (Å²) in [7, 11) is -4.81. The second kappa shape index (κ2) is 36.2. The number of nitrogens with two attached hydrogens (primary N) is 3. The zero-order valence-electron chi connectivity index (χ0n) is 61.9. The lowest BCUT2D eigenvalue weighted by Crippen LogP contribution is -2.34. The number of anilines is 3. The lowest BCUT2D eigenvalue weighted by atomic mass is 9.99. The molecule has 5 aromatic carbocycles. The summed E-state index contributed by atoms with van der Waals surface area (Å²) in [5.41, 5.74) is 32.0. The van der Waals surface area contributed by atoms with Crippen molar-refractivity contribution in [2.75, 3.05) is 50.7 Å². The first-order chi connectivity index (χ1) is 53.3. The molecule has 0 atom stereocenters. The van der Waals surface area contributed by atoms with Crippen LogP contribution in [-0.2, 0) is 54.3 Å². The van der Waals surface area contributed by atoms with E-state index in [4.69, 9.17) is 56.8 Å². The van der Waals surface area contributed by atoms with Gasteiger partial charge in [-0.3, -0.25) is 4.98 Å². The highest BCUT2D eigenvalue weighted by molar-refractivity contribution is 14.1. The van der Waals surface area contributed by atoms with Crippen molar-refractivity contribution in [2.24, 2.45) is 0 Å². The molecule has 12 aromatic rings. The second-order valence-electron chi connectivity index (χ2n) is 27.5. The number of aromatic nitrogens is 10. The van der Waals surface area contributed by atoms with E-state index >= 15 is 0 Å². The van der Waals surface area contributed by atoms with Crippen LogP contribution in [-0.4, -0.2) is 123 Å². The summed E-state index contributed by atoms with van der Waals surface area (Å²) in [4.78, 5) is 35.7. The first-order valence-electron chi connectivity index (χ1n) is 35.7. The molecular formula is C80H82I3N17O9S2. The van der Waals surface area contributed by atoms with E-state index in [2.05, 4.69) is 153 Å². The Balaban J connectivity index is 0.000000155. The highest BCUT2D eigenvalue weighted by atomic mass is 127. The average molecular weight is 1870 g/mol. The number of ether oxygens (including phenoxy) is 2. The summed E-state index contributed by atoms with van der Waals surface area (Å²) in [5, 5.41) is 22.2. The Labute approximate surface area is 685 Å². The highest BCUT2D eigenvalue weighted by Crippen LogP contribution is 2.40. The summed E-state index contributed by atoms with van der Waals surface area (Å²) in [6.45, 7) is 23.5. The molecule has 0 spiro atoms. The van der Waals surface area contributed by atoms with Gasteiger partial charge in [-0.25, -0.2) is 53.3 Å². The van der Waals surface area contributed by atoms with Crippen molar-refractivity contribution in [3.63, 3.8) is 0 Å². The van der Waals surface area contributed by atoms with Crippen molar-refractivity contribution in [3.8, 4) is 102 Å². The molecule has 26 nitrogen and oxygen atoms in total. The fourth-order valence-corrected chi connectivity index (χ4v) is 16.4. The maximum absolute atomic E-state index is 12.5. The van der Waals surface area contributed by atoms with E-state index in [0.29, 0.717) is 91.7 Å². The van der Waals surface area contributed by atoms with Gasteiger partial charge in [-0.05, 0) is 181 Å². The highest BCUT2D eigenvalue weighted by Gasteiger charge is 2.30. The van der Waals surface area contributed by atoms with E-state index in [1.807, 2.05) is 81.6 Å². The summed E-state index contributed by atoms with van der Waals surface area (Å²) < 4.78 is 80.1. The Morgan fingerprint density at radius 3 is 1.12 bits per heavy atom. The van der Waals surface area contributed by atoms with Crippen LogP contribution in [0.2, 0.25) is 0 Å². The van der Waals surface area contributed by atoms with Crippen LogP contribution in [0.4, 0.5) is 17.5 Å². The van der Waals surface area contributed by atoms with Crippen LogP contribution in [0.5, 0.6) is 0 Å². The van der Waals surface area contributed by atoms with Crippen molar-refractivity contribution < 1.29 is 39.9 Å². The Hall–Kier alpha value is -9.10. The molecule has 0 aliphatic carbocycles. The number of sulfone groups is 2. The maximum atomic E-state index is 12.5. The third-order valence-electron chi connectivity index (χ3n) is 18.8. The molecule has 14 rings (SSSR count). The van der Waals surface area contributed by atoms with Crippen LogP contribution < -0.4 is 33.2 Å². The summed E-state index contributed by atoms with van der Waals surface area (Å²) in [6.07, 6.45) is 10.6. The third kappa shape index (κ3) is 19.2. The number of nitrogen functional groups attached to an aromatic ring is 3. The average Bonchev–Trinajstić information content (AvgIpc) is 1.71. The number of hydrogen-bond donors (Lipinski definition) is 6. The van der Waals surface area contributed by atoms with Crippen LogP contribution in [0, 0.1) is 17.3 Å². The first-order valence-corrected chi connectivity index (χ1v) is 42.1. The molecule has 9 heterocycles. The molecule has 2 aliphatic heterocycles. The molecule has 0 unspecified atom stereocenters. The van der Waals surface area contributed by atoms with E-state index in [9.17, 15) is 16.8 Å². The lowest BCUT2D eigenvalue weighted by Gasteiger charge is -2.23. The SMILES string of the molecule is CC(C)S(=O)(=O)c1ccc(-c2cnc(N)c(-c3onc(-c4ccc(CNC5CCOCC5)cc4)c3I)n2)cc1.CNCc1ccc(-c2noc(-c3nc(-c4ccc(S(=O)(=O)C(C)C)cc4)cnc3N)c2I)cc1.[C-]#[N+]C(C)(C)c1cc(-c2cnc(N)c(-c3onc(-c4ccc(CNC5CCOCC5)cc4)c3I)n2)ccn1. The molecule has 0 bridgehead atoms. The van der Waals surface area contributed by atoms with Gasteiger partial charge < -0.3 is 61.0 Å². The summed E-state index contributed by atoms with van der Waals surface area (Å²) in [5.74, 6) is 2.01. The zero-order chi connectivity index (χ0) is 78.7. The van der Waals surface area contributed by atoms with Gasteiger partial charge in [0.15, 0.2) is 54.2 Å². The predicted molar refractivity (Wildman–Crippen MR) is 453 cm³/mol. The topological polar surface area (TPSA) is 374 Å². The minimum atomic E-state index is -3.36. The van der Waals surface area contributed by atoms with Crippen molar-refractivity contribution in [2.45, 2.75) is 125 Å². The molecule has 2 saturated heterocycles. The Morgan fingerprint density at radius 2 is 0.793 bits per heavy atom. The van der Waals surface area contributed by atoms with E-state index in [-0.39, 0.29) is 27.2 Å². The molecule has 0 saturated carbocycles. The van der Waals surface area contributed by atoms with Gasteiger partial charge in [0.05, 0.1) is 66.7 Å². The smallest absolute Gasteiger partial charge is 0.268 e. The Morgan fingerprint density at radius 1 is 0.468 bits per heavy atom. The van der Waals surface area contributed by atoms with E-state index < -0.39 is 35.7 Å². The van der Waals surface area contributed by atoms with Crippen molar-refractivity contribution in [1.29, 1.82) is 0 Å². The molecule has 7 aromatic heterocycles. The van der Waals surface area contributed by atoms with Gasteiger partial charge in [-0.15, -0.1) is 0 Å². The van der Waals surface area contributed by atoms with Crippen LogP contribution in [0.3, 0.4) is 0 Å². The summed E-state index contributed by atoms with van der Waals surface area (Å²) in [6, 6.07) is 42.5. The fourth-order valence-electron chi connectivity index (χ4n) is 12.0. The lowest BCUT2D eigenvalue weighted by molar-refractivity contribution is 0.0775. The van der Waals surface area contributed by atoms with Gasteiger partial charge in [0, 0.05) is 112 Å². The van der Waals surface area contributed by atoms with Gasteiger partial charge in [-0.1, -0.05) is 113 Å². The normalized spacial score (nSPS) is 13.7. The molecular weight excluding hydrogens is 1790 g/mol. The van der Waals surface area contributed by atoms with E-state index in [1.165, 1.54) is 16.7 Å². The van der Waals surface area contributed by atoms with Crippen LogP contribution in [0.1, 0.15) is 89.6 Å². The third-order valence-corrected chi connectivity index (χ3v) is 26.2. The molecule has 0 radical (unpaired) electrons. The van der Waals surface area contributed by atoms with Gasteiger partial charge in [-0.2, -0.15) is 0 Å². The molecule has 9 N–H and O–H groups in total. The number of nitrogens with one attached hydrogen (secondary N) is 3. The van der Waals surface area contributed by atoms with Crippen LogP contribution >= 0.6 is 67.8 Å². The number of nitrogens with zero attached hydrogens (tertiary/aromatic N) is 11. The Kier molecular flexibility index (Phi) is 26.5. The molecule has 0 amide bonds. The van der Waals surface area contributed by atoms with Crippen LogP contribution in [0.25, 0.3) is 107 Å². The molecule has 574 valence electrons. The van der Waals surface area contributed by atoms with Crippen LogP contribution in [0.15, 0.2) is 182 Å². The van der Waals surface area contributed by atoms with Crippen molar-refractivity contribution in [3.05, 3.63) is 203 Å². The number of rotatable bonds is 22. The monoisotopic (exact) mass is 1870 g/mol. The van der Waals surface area contributed by atoms with E-state index in [1.54, 1.807) is 101 Å². The number of pyridine rings is 1. The van der Waals surface area contributed by atoms with Gasteiger partial charge >= 0.3 is 0 Å². The van der Waals surface area contributed by atoms with Gasteiger partial charge in [0.2, 0.25) is 17.3 Å². The number of hydrogen-bond acceptors (Lipinski definition) is 25. The second-order valence-corrected chi connectivity index (χ2v) is 35.7. The van der Waals surface area contributed by atoms with E-state index in [0.717, 1.165) is 110 Å². The van der Waals surface area contributed by atoms with Crippen molar-refractivity contribution in [1.82, 2.24) is 66.3 Å². The molecule has 2 aliphatic rings. The standard InChI is InChI=1S/C28H28IN7O2.C28H30IN5O4S.C24H24IN5O3S/c1-28(2,31-3)22-14-19(8-11-32-22)21-16-34-27(30)25(35-21)26-23(29)24(36-38-26)18-6-4-17(5-7-18)15-33-20-9-12-37-13-10-20;1-17(2)39(35,36)22-9-7-19(8-10-22)23-16-32-28(30)26(33-23)27-24(29)25(34-38-27)20-5-3-18(4-6-20)15-31-21-11-13-37-14-12-21;1-14(2)34(31,32)18-10-8-16(9-11-18)19-13-28-24(26)22(29-19)23-20(25)21(30-33-23)17-6-4-15(5-7-17)12-27-3/h4-8,11,14,16,20,33H,9-10,12-13,15H2,1-2H3,(H2,30,34);3-10,16-17,21,31H,11-15H2,1-2H3,(H2,30,32);4-11,13-14,27H,12H2,1-3H3,(H2,26,28). The Bertz CT molecular complexity index is 5520. The summed E-state index contributed by atoms with van der Waals surface area (Å²) >= 11 is 6.58. The van der Waals surface area contributed by atoms with Crippen molar-refractivity contribution >= 4 is 105 Å². The van der Waals surface area contributed by atoms with Gasteiger partial charge in [0.1, 0.15) is 22.8 Å². The number of halogens is 3. The quantitative estimate of drug-likeness (QED) is 0.0271. The maximum Gasteiger partial charge on any atom is 0.268 e.